The van der Waals surface area contributed by atoms with Crippen LogP contribution in [0.25, 0.3) is 0 Å². The van der Waals surface area contributed by atoms with E-state index in [0.29, 0.717) is 5.41 Å². The number of rotatable bonds is 6. The van der Waals surface area contributed by atoms with Crippen molar-refractivity contribution < 1.29 is 5.11 Å². The third-order valence-corrected chi connectivity index (χ3v) is 5.15. The summed E-state index contributed by atoms with van der Waals surface area (Å²) in [5.41, 5.74) is 7.30. The van der Waals surface area contributed by atoms with Gasteiger partial charge in [0.25, 0.3) is 0 Å². The number of nitrogens with zero attached hydrogens (tertiary/aromatic N) is 1. The zero-order valence-electron chi connectivity index (χ0n) is 12.8. The Morgan fingerprint density at radius 1 is 1.25 bits per heavy atom. The number of likely N-dealkylation sites (tertiary alicyclic amines) is 1. The first-order chi connectivity index (χ1) is 9.57. The molecule has 0 saturated carbocycles. The third-order valence-electron chi connectivity index (χ3n) is 5.15. The van der Waals surface area contributed by atoms with Crippen LogP contribution in [0.15, 0.2) is 30.3 Å². The van der Waals surface area contributed by atoms with Gasteiger partial charge in [0.05, 0.1) is 12.1 Å². The molecule has 0 spiro atoms. The van der Waals surface area contributed by atoms with Gasteiger partial charge in [-0.1, -0.05) is 44.2 Å². The minimum Gasteiger partial charge on any atom is -0.394 e. The van der Waals surface area contributed by atoms with Gasteiger partial charge in [0, 0.05) is 13.1 Å². The molecule has 0 bridgehead atoms. The van der Waals surface area contributed by atoms with E-state index in [4.69, 9.17) is 5.73 Å². The zero-order valence-corrected chi connectivity index (χ0v) is 12.8. The van der Waals surface area contributed by atoms with Gasteiger partial charge in [-0.2, -0.15) is 0 Å². The van der Waals surface area contributed by atoms with E-state index in [9.17, 15) is 5.11 Å². The van der Waals surface area contributed by atoms with Crippen molar-refractivity contribution in [3.8, 4) is 0 Å². The highest BCUT2D eigenvalue weighted by atomic mass is 16.3. The molecule has 1 aliphatic rings. The van der Waals surface area contributed by atoms with E-state index in [-0.39, 0.29) is 6.61 Å². The standard InChI is InChI=1S/C17H28N2O/c1-3-16(4-2)10-11-19(12-16)13-17(18,14-20)15-8-6-5-7-9-15/h5-9,20H,3-4,10-14,18H2,1-2H3. The van der Waals surface area contributed by atoms with Gasteiger partial charge in [0.1, 0.15) is 0 Å². The van der Waals surface area contributed by atoms with Crippen LogP contribution in [0.2, 0.25) is 0 Å². The van der Waals surface area contributed by atoms with Crippen LogP contribution < -0.4 is 5.73 Å². The fourth-order valence-electron chi connectivity index (χ4n) is 3.39. The van der Waals surface area contributed by atoms with Crippen molar-refractivity contribution in [2.45, 2.75) is 38.6 Å². The number of hydrogen-bond donors (Lipinski definition) is 2. The average molecular weight is 276 g/mol. The first kappa shape index (κ1) is 15.5. The number of hydrogen-bond acceptors (Lipinski definition) is 3. The molecule has 1 aliphatic heterocycles. The molecule has 1 unspecified atom stereocenters. The van der Waals surface area contributed by atoms with Gasteiger partial charge in [0.2, 0.25) is 0 Å². The highest BCUT2D eigenvalue weighted by Gasteiger charge is 2.38. The van der Waals surface area contributed by atoms with Crippen LogP contribution in [0.1, 0.15) is 38.7 Å². The Labute approximate surface area is 122 Å². The Morgan fingerprint density at radius 3 is 2.40 bits per heavy atom. The summed E-state index contributed by atoms with van der Waals surface area (Å²) >= 11 is 0. The molecular weight excluding hydrogens is 248 g/mol. The second-order valence-corrected chi connectivity index (χ2v) is 6.35. The minimum atomic E-state index is -0.654. The van der Waals surface area contributed by atoms with Gasteiger partial charge in [-0.3, -0.25) is 0 Å². The molecule has 3 N–H and O–H groups in total. The van der Waals surface area contributed by atoms with Crippen molar-refractivity contribution in [3.05, 3.63) is 35.9 Å². The summed E-state index contributed by atoms with van der Waals surface area (Å²) < 4.78 is 0. The molecule has 1 fully saturated rings. The van der Waals surface area contributed by atoms with E-state index in [1.807, 2.05) is 30.3 Å². The predicted molar refractivity (Wildman–Crippen MR) is 83.5 cm³/mol. The lowest BCUT2D eigenvalue weighted by atomic mass is 9.82. The quantitative estimate of drug-likeness (QED) is 0.838. The zero-order chi connectivity index (χ0) is 14.6. The van der Waals surface area contributed by atoms with Crippen LogP contribution in [0.5, 0.6) is 0 Å². The third kappa shape index (κ3) is 3.05. The van der Waals surface area contributed by atoms with E-state index in [1.54, 1.807) is 0 Å². The molecular formula is C17H28N2O. The van der Waals surface area contributed by atoms with Crippen LogP contribution in [0.4, 0.5) is 0 Å². The van der Waals surface area contributed by atoms with Gasteiger partial charge in [0.15, 0.2) is 0 Å². The monoisotopic (exact) mass is 276 g/mol. The molecule has 20 heavy (non-hydrogen) atoms. The molecule has 1 atom stereocenters. The molecule has 112 valence electrons. The first-order valence-electron chi connectivity index (χ1n) is 7.75. The molecule has 1 aromatic rings. The highest BCUT2D eigenvalue weighted by Crippen LogP contribution is 2.37. The van der Waals surface area contributed by atoms with E-state index in [0.717, 1.165) is 25.2 Å². The van der Waals surface area contributed by atoms with Crippen molar-refractivity contribution in [2.24, 2.45) is 11.1 Å². The molecule has 0 amide bonds. The van der Waals surface area contributed by atoms with Crippen LogP contribution in [-0.4, -0.2) is 36.2 Å². The summed E-state index contributed by atoms with van der Waals surface area (Å²) in [4.78, 5) is 2.43. The van der Waals surface area contributed by atoms with Crippen molar-refractivity contribution in [3.63, 3.8) is 0 Å². The maximum Gasteiger partial charge on any atom is 0.0772 e. The highest BCUT2D eigenvalue weighted by molar-refractivity contribution is 5.24. The van der Waals surface area contributed by atoms with Crippen molar-refractivity contribution in [1.82, 2.24) is 4.90 Å². The summed E-state index contributed by atoms with van der Waals surface area (Å²) in [5.74, 6) is 0. The fourth-order valence-corrected chi connectivity index (χ4v) is 3.39. The maximum atomic E-state index is 9.79. The van der Waals surface area contributed by atoms with E-state index in [1.165, 1.54) is 19.3 Å². The van der Waals surface area contributed by atoms with Crippen molar-refractivity contribution in [1.29, 1.82) is 0 Å². The Morgan fingerprint density at radius 2 is 1.90 bits per heavy atom. The van der Waals surface area contributed by atoms with Gasteiger partial charge < -0.3 is 15.7 Å². The summed E-state index contributed by atoms with van der Waals surface area (Å²) in [6.45, 7) is 7.48. The molecule has 1 saturated heterocycles. The Balaban J connectivity index is 2.08. The molecule has 0 aliphatic carbocycles. The second kappa shape index (κ2) is 6.25. The van der Waals surface area contributed by atoms with Crippen LogP contribution in [0.3, 0.4) is 0 Å². The lowest BCUT2D eigenvalue weighted by Crippen LogP contribution is -2.50. The SMILES string of the molecule is CCC1(CC)CCN(CC(N)(CO)c2ccccc2)C1. The van der Waals surface area contributed by atoms with Crippen LogP contribution in [0, 0.1) is 5.41 Å². The van der Waals surface area contributed by atoms with Gasteiger partial charge in [-0.05, 0) is 36.8 Å². The van der Waals surface area contributed by atoms with Gasteiger partial charge in [-0.25, -0.2) is 0 Å². The number of aliphatic hydroxyl groups is 1. The lowest BCUT2D eigenvalue weighted by molar-refractivity contribution is 0.139. The fraction of sp³-hybridized carbons (Fsp3) is 0.647. The second-order valence-electron chi connectivity index (χ2n) is 6.35. The number of aliphatic hydroxyl groups excluding tert-OH is 1. The normalized spacial score (nSPS) is 21.8. The Kier molecular flexibility index (Phi) is 4.84. The molecule has 1 heterocycles. The molecule has 3 nitrogen and oxygen atoms in total. The largest absolute Gasteiger partial charge is 0.394 e. The van der Waals surface area contributed by atoms with Crippen LogP contribution in [-0.2, 0) is 5.54 Å². The summed E-state index contributed by atoms with van der Waals surface area (Å²) in [6, 6.07) is 9.98. The Bertz CT molecular complexity index is 416. The number of nitrogens with two attached hydrogens (primary N) is 1. The molecule has 0 aromatic heterocycles. The van der Waals surface area contributed by atoms with E-state index in [2.05, 4.69) is 18.7 Å². The molecule has 2 rings (SSSR count). The molecule has 1 aromatic carbocycles. The maximum absolute atomic E-state index is 9.79. The van der Waals surface area contributed by atoms with E-state index >= 15 is 0 Å². The molecule has 3 heteroatoms. The smallest absolute Gasteiger partial charge is 0.0772 e. The van der Waals surface area contributed by atoms with Gasteiger partial charge >= 0.3 is 0 Å². The van der Waals surface area contributed by atoms with E-state index < -0.39 is 5.54 Å². The van der Waals surface area contributed by atoms with Crippen molar-refractivity contribution in [2.75, 3.05) is 26.2 Å². The lowest BCUT2D eigenvalue weighted by Gasteiger charge is -2.34. The topological polar surface area (TPSA) is 49.5 Å². The summed E-state index contributed by atoms with van der Waals surface area (Å²) in [7, 11) is 0. The predicted octanol–water partition coefficient (Wildman–Crippen LogP) is 2.35. The summed E-state index contributed by atoms with van der Waals surface area (Å²) in [5, 5.41) is 9.79. The molecule has 0 radical (unpaired) electrons. The minimum absolute atomic E-state index is 0.0151. The van der Waals surface area contributed by atoms with Gasteiger partial charge in [-0.15, -0.1) is 0 Å². The van der Waals surface area contributed by atoms with Crippen LogP contribution >= 0.6 is 0 Å². The number of benzene rings is 1. The first-order valence-corrected chi connectivity index (χ1v) is 7.75. The summed E-state index contributed by atoms with van der Waals surface area (Å²) in [6.07, 6.45) is 3.69. The van der Waals surface area contributed by atoms with Crippen molar-refractivity contribution >= 4 is 0 Å². The Hall–Kier alpha value is -0.900. The average Bonchev–Trinajstić information content (AvgIpc) is 2.91.